The zero-order valence-electron chi connectivity index (χ0n) is 11.1. The molecule has 0 saturated heterocycles. The number of H-pyrrole nitrogens is 1. The normalized spacial score (nSPS) is 13.1. The molecule has 0 saturated carbocycles. The third kappa shape index (κ3) is 1.63. The minimum atomic E-state index is -0.408. The molecule has 100 valence electrons. The molecule has 0 radical (unpaired) electrons. The highest BCUT2D eigenvalue weighted by atomic mass is 16.1. The summed E-state index contributed by atoms with van der Waals surface area (Å²) in [5.74, 6) is -0.675. The van der Waals surface area contributed by atoms with E-state index >= 15 is 0 Å². The summed E-state index contributed by atoms with van der Waals surface area (Å²) in [6, 6.07) is 3.17. The molecular formula is C15H12N2O3. The van der Waals surface area contributed by atoms with Gasteiger partial charge in [0.05, 0.1) is 11.1 Å². The van der Waals surface area contributed by atoms with E-state index in [0.29, 0.717) is 17.5 Å². The van der Waals surface area contributed by atoms with Crippen molar-refractivity contribution in [1.82, 2.24) is 9.97 Å². The standard InChI is InChI=1S/C15H12N2O3/c1-3-8-5-10-12(17-15(8)20)14(19)11-9(13(10)18)4-7(2)6-16-11/h4-6H,3H2,1-2H3,(H,17,20). The summed E-state index contributed by atoms with van der Waals surface area (Å²) in [5, 5.41) is 0. The number of hydrogen-bond donors (Lipinski definition) is 1. The Kier molecular flexibility index (Phi) is 2.64. The molecule has 1 aliphatic rings. The van der Waals surface area contributed by atoms with Gasteiger partial charge in [-0.15, -0.1) is 0 Å². The summed E-state index contributed by atoms with van der Waals surface area (Å²) in [6.07, 6.45) is 2.04. The Labute approximate surface area is 114 Å². The van der Waals surface area contributed by atoms with Crippen LogP contribution in [0.1, 0.15) is 50.2 Å². The van der Waals surface area contributed by atoms with Crippen molar-refractivity contribution in [2.45, 2.75) is 20.3 Å². The molecular weight excluding hydrogens is 256 g/mol. The number of aromatic amines is 1. The van der Waals surface area contributed by atoms with E-state index in [2.05, 4.69) is 9.97 Å². The van der Waals surface area contributed by atoms with Crippen LogP contribution in [-0.4, -0.2) is 21.5 Å². The molecule has 2 heterocycles. The predicted molar refractivity (Wildman–Crippen MR) is 72.3 cm³/mol. The number of fused-ring (bicyclic) bond motifs is 2. The van der Waals surface area contributed by atoms with Gasteiger partial charge < -0.3 is 4.98 Å². The Morgan fingerprint density at radius 1 is 1.10 bits per heavy atom. The van der Waals surface area contributed by atoms with Crippen LogP contribution in [-0.2, 0) is 6.42 Å². The minimum Gasteiger partial charge on any atom is -0.318 e. The summed E-state index contributed by atoms with van der Waals surface area (Å²) in [7, 11) is 0. The van der Waals surface area contributed by atoms with Crippen LogP contribution in [0.25, 0.3) is 0 Å². The van der Waals surface area contributed by atoms with Gasteiger partial charge in [0, 0.05) is 11.8 Å². The van der Waals surface area contributed by atoms with Crippen LogP contribution < -0.4 is 5.56 Å². The Bertz CT molecular complexity index is 818. The van der Waals surface area contributed by atoms with E-state index in [1.165, 1.54) is 12.3 Å². The number of aromatic nitrogens is 2. The van der Waals surface area contributed by atoms with Gasteiger partial charge in [0.25, 0.3) is 5.56 Å². The maximum atomic E-state index is 12.5. The molecule has 20 heavy (non-hydrogen) atoms. The fourth-order valence-electron chi connectivity index (χ4n) is 2.38. The highest BCUT2D eigenvalue weighted by Gasteiger charge is 2.32. The lowest BCUT2D eigenvalue weighted by Gasteiger charge is -2.17. The van der Waals surface area contributed by atoms with Crippen molar-refractivity contribution in [2.24, 2.45) is 0 Å². The number of hydrogen-bond acceptors (Lipinski definition) is 4. The zero-order chi connectivity index (χ0) is 14.4. The molecule has 1 N–H and O–H groups in total. The predicted octanol–water partition coefficient (Wildman–Crippen LogP) is 1.42. The molecule has 0 spiro atoms. The van der Waals surface area contributed by atoms with Gasteiger partial charge in [-0.05, 0) is 31.0 Å². The Hall–Kier alpha value is -2.56. The first-order valence-corrected chi connectivity index (χ1v) is 6.35. The van der Waals surface area contributed by atoms with Crippen molar-refractivity contribution in [1.29, 1.82) is 0 Å². The van der Waals surface area contributed by atoms with E-state index in [-0.39, 0.29) is 28.3 Å². The van der Waals surface area contributed by atoms with Crippen LogP contribution in [0.15, 0.2) is 23.1 Å². The number of nitrogens with one attached hydrogen (secondary N) is 1. The van der Waals surface area contributed by atoms with E-state index in [4.69, 9.17) is 0 Å². The summed E-state index contributed by atoms with van der Waals surface area (Å²) in [5.41, 5.74) is 1.68. The van der Waals surface area contributed by atoms with Crippen LogP contribution in [0.2, 0.25) is 0 Å². The van der Waals surface area contributed by atoms with E-state index in [0.717, 1.165) is 5.56 Å². The fraction of sp³-hybridized carbons (Fsp3) is 0.200. The Balaban J connectivity index is 2.32. The van der Waals surface area contributed by atoms with Gasteiger partial charge in [-0.2, -0.15) is 0 Å². The van der Waals surface area contributed by atoms with Crippen molar-refractivity contribution >= 4 is 11.6 Å². The zero-order valence-corrected chi connectivity index (χ0v) is 11.1. The summed E-state index contributed by atoms with van der Waals surface area (Å²) >= 11 is 0. The second kappa shape index (κ2) is 4.23. The topological polar surface area (TPSA) is 79.9 Å². The number of rotatable bonds is 1. The number of carbonyl (C=O) groups is 2. The fourth-order valence-corrected chi connectivity index (χ4v) is 2.38. The number of aryl methyl sites for hydroxylation is 2. The maximum absolute atomic E-state index is 12.5. The monoisotopic (exact) mass is 268 g/mol. The molecule has 0 aliphatic heterocycles. The molecule has 1 aliphatic carbocycles. The summed E-state index contributed by atoms with van der Waals surface area (Å²) in [6.45, 7) is 3.64. The Morgan fingerprint density at radius 3 is 2.55 bits per heavy atom. The van der Waals surface area contributed by atoms with E-state index in [1.54, 1.807) is 6.07 Å². The second-order valence-electron chi connectivity index (χ2n) is 4.83. The van der Waals surface area contributed by atoms with Crippen LogP contribution in [0.3, 0.4) is 0 Å². The number of ketones is 2. The smallest absolute Gasteiger partial charge is 0.251 e. The first-order valence-electron chi connectivity index (χ1n) is 6.35. The second-order valence-corrected chi connectivity index (χ2v) is 4.83. The lowest BCUT2D eigenvalue weighted by atomic mass is 9.89. The quantitative estimate of drug-likeness (QED) is 0.723. The third-order valence-corrected chi connectivity index (χ3v) is 3.45. The van der Waals surface area contributed by atoms with Gasteiger partial charge in [-0.25, -0.2) is 0 Å². The lowest BCUT2D eigenvalue weighted by molar-refractivity contribution is 0.0971. The van der Waals surface area contributed by atoms with Crippen LogP contribution in [0.4, 0.5) is 0 Å². The third-order valence-electron chi connectivity index (χ3n) is 3.45. The molecule has 0 amide bonds. The van der Waals surface area contributed by atoms with Gasteiger partial charge in [0.1, 0.15) is 11.4 Å². The molecule has 0 fully saturated rings. The molecule has 0 bridgehead atoms. The molecule has 2 aromatic rings. The average molecular weight is 268 g/mol. The first kappa shape index (κ1) is 12.5. The molecule has 2 aromatic heterocycles. The van der Waals surface area contributed by atoms with Crippen LogP contribution in [0, 0.1) is 6.92 Å². The lowest BCUT2D eigenvalue weighted by Crippen LogP contribution is -2.28. The SMILES string of the molecule is CCc1cc2c([nH]c1=O)C(=O)c1ncc(C)cc1C2=O. The highest BCUT2D eigenvalue weighted by molar-refractivity contribution is 6.26. The molecule has 3 rings (SSSR count). The first-order chi connectivity index (χ1) is 9.52. The molecule has 0 atom stereocenters. The minimum absolute atomic E-state index is 0.0426. The molecule has 5 heteroatoms. The molecule has 0 unspecified atom stereocenters. The van der Waals surface area contributed by atoms with Gasteiger partial charge in [0.2, 0.25) is 5.78 Å². The van der Waals surface area contributed by atoms with Crippen molar-refractivity contribution in [3.8, 4) is 0 Å². The van der Waals surface area contributed by atoms with Gasteiger partial charge in [-0.1, -0.05) is 6.92 Å². The molecule has 0 aromatic carbocycles. The van der Waals surface area contributed by atoms with E-state index in [1.807, 2.05) is 13.8 Å². The average Bonchev–Trinajstić information content (AvgIpc) is 2.44. The number of pyridine rings is 2. The van der Waals surface area contributed by atoms with Gasteiger partial charge in [-0.3, -0.25) is 19.4 Å². The van der Waals surface area contributed by atoms with E-state index < -0.39 is 5.78 Å². The van der Waals surface area contributed by atoms with Crippen molar-refractivity contribution in [2.75, 3.05) is 0 Å². The van der Waals surface area contributed by atoms with Gasteiger partial charge >= 0.3 is 0 Å². The van der Waals surface area contributed by atoms with Crippen LogP contribution in [0.5, 0.6) is 0 Å². The molecule has 5 nitrogen and oxygen atoms in total. The largest absolute Gasteiger partial charge is 0.318 e. The Morgan fingerprint density at radius 2 is 1.85 bits per heavy atom. The number of carbonyl (C=O) groups excluding carboxylic acids is 2. The maximum Gasteiger partial charge on any atom is 0.251 e. The van der Waals surface area contributed by atoms with Gasteiger partial charge in [0.15, 0.2) is 5.78 Å². The van der Waals surface area contributed by atoms with Crippen LogP contribution >= 0.6 is 0 Å². The highest BCUT2D eigenvalue weighted by Crippen LogP contribution is 2.25. The van der Waals surface area contributed by atoms with Crippen molar-refractivity contribution in [3.63, 3.8) is 0 Å². The number of nitrogens with zero attached hydrogens (tertiary/aromatic N) is 1. The van der Waals surface area contributed by atoms with Crippen molar-refractivity contribution < 1.29 is 9.59 Å². The summed E-state index contributed by atoms with van der Waals surface area (Å²) < 4.78 is 0. The summed E-state index contributed by atoms with van der Waals surface area (Å²) in [4.78, 5) is 43.1. The van der Waals surface area contributed by atoms with Crippen molar-refractivity contribution in [3.05, 3.63) is 62.3 Å². The van der Waals surface area contributed by atoms with E-state index in [9.17, 15) is 14.4 Å².